The zero-order valence-corrected chi connectivity index (χ0v) is 17.8. The summed E-state index contributed by atoms with van der Waals surface area (Å²) in [4.78, 5) is 21.0. The van der Waals surface area contributed by atoms with Crippen LogP contribution < -0.4 is 5.32 Å². The second-order valence-corrected chi connectivity index (χ2v) is 7.91. The first-order valence-electron chi connectivity index (χ1n) is 10.5. The van der Waals surface area contributed by atoms with Gasteiger partial charge in [0.25, 0.3) is 5.91 Å². The third-order valence-electron chi connectivity index (χ3n) is 5.93. The Kier molecular flexibility index (Phi) is 6.92. The summed E-state index contributed by atoms with van der Waals surface area (Å²) >= 11 is 0. The van der Waals surface area contributed by atoms with Gasteiger partial charge in [-0.25, -0.2) is 0 Å². The molecule has 0 aliphatic carbocycles. The minimum atomic E-state index is 0.0136. The molecule has 2 aromatic rings. The van der Waals surface area contributed by atoms with Crippen molar-refractivity contribution in [3.63, 3.8) is 0 Å². The smallest absolute Gasteiger partial charge is 0.253 e. The van der Waals surface area contributed by atoms with Gasteiger partial charge in [-0.1, -0.05) is 19.1 Å². The van der Waals surface area contributed by atoms with Gasteiger partial charge in [-0.05, 0) is 69.1 Å². The maximum atomic E-state index is 12.6. The van der Waals surface area contributed by atoms with E-state index in [1.54, 1.807) is 0 Å². The van der Waals surface area contributed by atoms with Gasteiger partial charge in [0.15, 0.2) is 0 Å². The number of H-pyrrole nitrogens is 1. The van der Waals surface area contributed by atoms with E-state index in [2.05, 4.69) is 59.1 Å². The molecule has 1 fully saturated rings. The molecule has 0 radical (unpaired) electrons. The molecule has 1 saturated heterocycles. The first kappa shape index (κ1) is 20.6. The van der Waals surface area contributed by atoms with E-state index in [0.717, 1.165) is 74.7 Å². The Bertz CT molecular complexity index is 803. The van der Waals surface area contributed by atoms with Crippen molar-refractivity contribution in [2.75, 3.05) is 45.8 Å². The van der Waals surface area contributed by atoms with Gasteiger partial charge in [0.1, 0.15) is 0 Å². The molecule has 5 heteroatoms. The molecule has 0 unspecified atom stereocenters. The van der Waals surface area contributed by atoms with Crippen molar-refractivity contribution in [1.29, 1.82) is 0 Å². The number of benzene rings is 1. The predicted octanol–water partition coefficient (Wildman–Crippen LogP) is 3.36. The Hall–Kier alpha value is -2.11. The van der Waals surface area contributed by atoms with E-state index >= 15 is 0 Å². The van der Waals surface area contributed by atoms with Crippen molar-refractivity contribution in [3.05, 3.63) is 46.6 Å². The highest BCUT2D eigenvalue weighted by Gasteiger charge is 2.16. The van der Waals surface area contributed by atoms with Gasteiger partial charge in [0, 0.05) is 44.1 Å². The van der Waals surface area contributed by atoms with Crippen molar-refractivity contribution in [3.8, 4) is 11.3 Å². The lowest BCUT2D eigenvalue weighted by Crippen LogP contribution is -2.46. The summed E-state index contributed by atoms with van der Waals surface area (Å²) in [5.74, 6) is 0.0136. The molecule has 28 heavy (non-hydrogen) atoms. The molecular weight excluding hydrogens is 348 g/mol. The lowest BCUT2D eigenvalue weighted by molar-refractivity contribution is 0.0948. The molecule has 1 aliphatic heterocycles. The maximum absolute atomic E-state index is 12.6. The molecule has 3 rings (SSSR count). The van der Waals surface area contributed by atoms with E-state index in [1.165, 1.54) is 11.1 Å². The van der Waals surface area contributed by atoms with Crippen LogP contribution in [0.3, 0.4) is 0 Å². The summed E-state index contributed by atoms with van der Waals surface area (Å²) in [6, 6.07) is 8.37. The monoisotopic (exact) mass is 382 g/mol. The van der Waals surface area contributed by atoms with Crippen LogP contribution in [-0.4, -0.2) is 66.5 Å². The normalized spacial score (nSPS) is 15.7. The minimum absolute atomic E-state index is 0.0136. The first-order chi connectivity index (χ1) is 13.5. The summed E-state index contributed by atoms with van der Waals surface area (Å²) in [6.07, 6.45) is 0.991. The zero-order chi connectivity index (χ0) is 20.1. The van der Waals surface area contributed by atoms with Crippen LogP contribution in [0.2, 0.25) is 0 Å². The van der Waals surface area contributed by atoms with E-state index in [9.17, 15) is 4.79 Å². The summed E-state index contributed by atoms with van der Waals surface area (Å²) in [5.41, 5.74) is 6.32. The molecule has 0 atom stereocenters. The number of amides is 1. The number of aryl methyl sites for hydroxylation is 3. The van der Waals surface area contributed by atoms with Gasteiger partial charge >= 0.3 is 0 Å². The molecule has 5 nitrogen and oxygen atoms in total. The fourth-order valence-electron chi connectivity index (χ4n) is 3.79. The number of likely N-dealkylation sites (N-methyl/N-ethyl adjacent to an activating group) is 1. The van der Waals surface area contributed by atoms with Crippen molar-refractivity contribution in [2.45, 2.75) is 34.1 Å². The van der Waals surface area contributed by atoms with E-state index < -0.39 is 0 Å². The molecule has 2 N–H and O–H groups in total. The van der Waals surface area contributed by atoms with E-state index in [4.69, 9.17) is 0 Å². The van der Waals surface area contributed by atoms with Crippen LogP contribution in [0, 0.1) is 20.8 Å². The second kappa shape index (κ2) is 9.39. The third kappa shape index (κ3) is 5.03. The van der Waals surface area contributed by atoms with Gasteiger partial charge in [0.2, 0.25) is 0 Å². The number of aromatic amines is 1. The Morgan fingerprint density at radius 1 is 1.04 bits per heavy atom. The number of carbonyl (C=O) groups excluding carboxylic acids is 1. The lowest BCUT2D eigenvalue weighted by atomic mass is 10.0. The van der Waals surface area contributed by atoms with Crippen molar-refractivity contribution >= 4 is 5.91 Å². The Morgan fingerprint density at radius 2 is 1.75 bits per heavy atom. The summed E-state index contributed by atoms with van der Waals surface area (Å²) in [6.45, 7) is 15.9. The Morgan fingerprint density at radius 3 is 2.43 bits per heavy atom. The molecule has 0 bridgehead atoms. The maximum Gasteiger partial charge on any atom is 0.253 e. The van der Waals surface area contributed by atoms with Gasteiger partial charge in [-0.3, -0.25) is 4.79 Å². The standard InChI is InChI=1S/C23H34N4O/c1-5-26-11-13-27(14-12-26)10-6-9-24-23(28)21-16-22(25-19(21)4)20-8-7-17(2)18(3)15-20/h7-8,15-16,25H,5-6,9-14H2,1-4H3,(H,24,28). The van der Waals surface area contributed by atoms with Gasteiger partial charge in [-0.15, -0.1) is 0 Å². The Balaban J connectivity index is 1.49. The van der Waals surface area contributed by atoms with Crippen molar-refractivity contribution in [1.82, 2.24) is 20.1 Å². The SMILES string of the molecule is CCN1CCN(CCCNC(=O)c2cc(-c3ccc(C)c(C)c3)[nH]c2C)CC1. The lowest BCUT2D eigenvalue weighted by Gasteiger charge is -2.33. The quantitative estimate of drug-likeness (QED) is 0.722. The molecule has 152 valence electrons. The Labute approximate surface area is 169 Å². The molecule has 2 heterocycles. The molecule has 1 aromatic carbocycles. The van der Waals surface area contributed by atoms with Gasteiger partial charge in [0.05, 0.1) is 5.56 Å². The van der Waals surface area contributed by atoms with Crippen molar-refractivity contribution < 1.29 is 4.79 Å². The number of carbonyl (C=O) groups is 1. The zero-order valence-electron chi connectivity index (χ0n) is 17.8. The molecule has 1 aromatic heterocycles. The minimum Gasteiger partial charge on any atom is -0.358 e. The van der Waals surface area contributed by atoms with Crippen LogP contribution in [0.15, 0.2) is 24.3 Å². The number of hydrogen-bond donors (Lipinski definition) is 2. The molecule has 1 aliphatic rings. The topological polar surface area (TPSA) is 51.4 Å². The molecule has 0 saturated carbocycles. The van der Waals surface area contributed by atoms with Crippen LogP contribution in [0.25, 0.3) is 11.3 Å². The number of rotatable bonds is 7. The van der Waals surface area contributed by atoms with Crippen molar-refractivity contribution in [2.24, 2.45) is 0 Å². The van der Waals surface area contributed by atoms with Crippen LogP contribution >= 0.6 is 0 Å². The van der Waals surface area contributed by atoms with Crippen LogP contribution in [0.4, 0.5) is 0 Å². The van der Waals surface area contributed by atoms with Crippen LogP contribution in [-0.2, 0) is 0 Å². The highest BCUT2D eigenvalue weighted by atomic mass is 16.1. The fraction of sp³-hybridized carbons (Fsp3) is 0.522. The first-order valence-corrected chi connectivity index (χ1v) is 10.5. The fourth-order valence-corrected chi connectivity index (χ4v) is 3.79. The average molecular weight is 383 g/mol. The van der Waals surface area contributed by atoms with Gasteiger partial charge < -0.3 is 20.1 Å². The van der Waals surface area contributed by atoms with E-state index in [-0.39, 0.29) is 5.91 Å². The number of nitrogens with zero attached hydrogens (tertiary/aromatic N) is 2. The second-order valence-electron chi connectivity index (χ2n) is 7.91. The highest BCUT2D eigenvalue weighted by molar-refractivity contribution is 5.96. The van der Waals surface area contributed by atoms with Crippen LogP contribution in [0.5, 0.6) is 0 Å². The molecule has 1 amide bonds. The van der Waals surface area contributed by atoms with Crippen LogP contribution in [0.1, 0.15) is 40.5 Å². The summed E-state index contributed by atoms with van der Waals surface area (Å²) in [5, 5.41) is 3.09. The summed E-state index contributed by atoms with van der Waals surface area (Å²) < 4.78 is 0. The number of aromatic nitrogens is 1. The summed E-state index contributed by atoms with van der Waals surface area (Å²) in [7, 11) is 0. The number of hydrogen-bond acceptors (Lipinski definition) is 3. The van der Waals surface area contributed by atoms with Gasteiger partial charge in [-0.2, -0.15) is 0 Å². The average Bonchev–Trinajstić information content (AvgIpc) is 3.09. The predicted molar refractivity (Wildman–Crippen MR) is 116 cm³/mol. The molecule has 0 spiro atoms. The van der Waals surface area contributed by atoms with E-state index in [1.807, 2.05) is 13.0 Å². The third-order valence-corrected chi connectivity index (χ3v) is 5.93. The highest BCUT2D eigenvalue weighted by Crippen LogP contribution is 2.24. The number of piperazine rings is 1. The van der Waals surface area contributed by atoms with E-state index in [0.29, 0.717) is 0 Å². The molecular formula is C23H34N4O. The number of nitrogens with one attached hydrogen (secondary N) is 2. The largest absolute Gasteiger partial charge is 0.358 e.